The van der Waals surface area contributed by atoms with E-state index in [0.717, 1.165) is 16.9 Å². The lowest BCUT2D eigenvalue weighted by Gasteiger charge is -2.35. The molecular formula is C23H20ClFN6O. The van der Waals surface area contributed by atoms with Crippen LogP contribution in [-0.2, 0) is 0 Å². The van der Waals surface area contributed by atoms with E-state index < -0.39 is 5.82 Å². The summed E-state index contributed by atoms with van der Waals surface area (Å²) < 4.78 is 15.7. The Morgan fingerprint density at radius 1 is 1.00 bits per heavy atom. The normalized spacial score (nSPS) is 14.2. The molecule has 0 N–H and O–H groups in total. The quantitative estimate of drug-likeness (QED) is 0.474. The van der Waals surface area contributed by atoms with E-state index in [4.69, 9.17) is 11.6 Å². The zero-order valence-electron chi connectivity index (χ0n) is 17.4. The van der Waals surface area contributed by atoms with Crippen LogP contribution in [-0.4, -0.2) is 56.7 Å². The first kappa shape index (κ1) is 20.4. The summed E-state index contributed by atoms with van der Waals surface area (Å²) in [5, 5.41) is 5.90. The van der Waals surface area contributed by atoms with E-state index in [1.54, 1.807) is 27.9 Å². The van der Waals surface area contributed by atoms with Crippen LogP contribution < -0.4 is 4.90 Å². The van der Waals surface area contributed by atoms with Crippen LogP contribution in [0.25, 0.3) is 16.7 Å². The first-order chi connectivity index (χ1) is 15.5. The first-order valence-corrected chi connectivity index (χ1v) is 10.7. The van der Waals surface area contributed by atoms with Gasteiger partial charge in [-0.1, -0.05) is 35.9 Å². The number of aromatic nitrogens is 4. The zero-order valence-corrected chi connectivity index (χ0v) is 18.1. The van der Waals surface area contributed by atoms with E-state index in [1.165, 1.54) is 12.1 Å². The van der Waals surface area contributed by atoms with E-state index in [0.29, 0.717) is 42.7 Å². The van der Waals surface area contributed by atoms with Gasteiger partial charge in [0, 0.05) is 26.2 Å². The molecule has 1 saturated heterocycles. The summed E-state index contributed by atoms with van der Waals surface area (Å²) in [6, 6.07) is 13.5. The summed E-state index contributed by atoms with van der Waals surface area (Å²) in [7, 11) is 0. The molecule has 1 amide bonds. The average molecular weight is 451 g/mol. The molecule has 0 spiro atoms. The maximum atomic E-state index is 14.0. The number of aryl methyl sites for hydroxylation is 1. The molecule has 1 aliphatic heterocycles. The van der Waals surface area contributed by atoms with E-state index in [2.05, 4.69) is 20.0 Å². The fourth-order valence-corrected chi connectivity index (χ4v) is 4.18. The molecule has 5 rings (SSSR count). The average Bonchev–Trinajstić information content (AvgIpc) is 3.22. The van der Waals surface area contributed by atoms with Crippen molar-refractivity contribution in [1.29, 1.82) is 0 Å². The molecular weight excluding hydrogens is 431 g/mol. The summed E-state index contributed by atoms with van der Waals surface area (Å²) in [4.78, 5) is 25.8. The number of carbonyl (C=O) groups is 1. The van der Waals surface area contributed by atoms with Crippen molar-refractivity contribution in [2.24, 2.45) is 0 Å². The van der Waals surface area contributed by atoms with Crippen LogP contribution in [0.2, 0.25) is 5.02 Å². The minimum Gasteiger partial charge on any atom is -0.352 e. The molecule has 162 valence electrons. The van der Waals surface area contributed by atoms with Gasteiger partial charge in [0.1, 0.15) is 17.5 Å². The summed E-state index contributed by atoms with van der Waals surface area (Å²) in [6.45, 7) is 3.92. The van der Waals surface area contributed by atoms with Gasteiger partial charge in [-0.3, -0.25) is 4.79 Å². The zero-order chi connectivity index (χ0) is 22.2. The van der Waals surface area contributed by atoms with Gasteiger partial charge in [0.2, 0.25) is 0 Å². The van der Waals surface area contributed by atoms with Gasteiger partial charge in [0.05, 0.1) is 27.9 Å². The number of rotatable bonds is 3. The van der Waals surface area contributed by atoms with Gasteiger partial charge in [-0.15, -0.1) is 0 Å². The fourth-order valence-electron chi connectivity index (χ4n) is 3.97. The molecule has 1 aliphatic rings. The Balaban J connectivity index is 1.42. The van der Waals surface area contributed by atoms with Gasteiger partial charge in [-0.2, -0.15) is 5.10 Å². The predicted molar refractivity (Wildman–Crippen MR) is 121 cm³/mol. The molecule has 7 nitrogen and oxygen atoms in total. The molecule has 2 aromatic carbocycles. The van der Waals surface area contributed by atoms with Crippen molar-refractivity contribution in [3.05, 3.63) is 77.0 Å². The number of carbonyl (C=O) groups excluding carboxylic acids is 1. The Hall–Kier alpha value is -3.52. The minimum absolute atomic E-state index is 0.0993. The lowest BCUT2D eigenvalue weighted by Crippen LogP contribution is -2.49. The van der Waals surface area contributed by atoms with Crippen LogP contribution in [0, 0.1) is 12.7 Å². The number of anilines is 1. The molecule has 32 heavy (non-hydrogen) atoms. The van der Waals surface area contributed by atoms with Gasteiger partial charge in [-0.05, 0) is 31.2 Å². The van der Waals surface area contributed by atoms with Crippen molar-refractivity contribution in [2.75, 3.05) is 31.1 Å². The van der Waals surface area contributed by atoms with Crippen LogP contribution in [0.15, 0.2) is 54.7 Å². The predicted octanol–water partition coefficient (Wildman–Crippen LogP) is 3.88. The molecule has 0 radical (unpaired) electrons. The number of amides is 1. The molecule has 9 heteroatoms. The SMILES string of the molecule is Cc1nc(N2CCN(C(=O)c3ccccc3F)CC2)c2cnn(-c3ccccc3Cl)c2n1. The van der Waals surface area contributed by atoms with Crippen molar-refractivity contribution in [1.82, 2.24) is 24.6 Å². The third kappa shape index (κ3) is 3.56. The molecule has 0 bridgehead atoms. The Kier molecular flexibility index (Phi) is 5.22. The molecule has 0 unspecified atom stereocenters. The maximum absolute atomic E-state index is 14.0. The van der Waals surface area contributed by atoms with Gasteiger partial charge >= 0.3 is 0 Å². The maximum Gasteiger partial charge on any atom is 0.256 e. The third-order valence-electron chi connectivity index (χ3n) is 5.57. The number of piperazine rings is 1. The van der Waals surface area contributed by atoms with Gasteiger partial charge in [0.15, 0.2) is 5.65 Å². The van der Waals surface area contributed by atoms with Gasteiger partial charge < -0.3 is 9.80 Å². The topological polar surface area (TPSA) is 67.2 Å². The highest BCUT2D eigenvalue weighted by Gasteiger charge is 2.26. The highest BCUT2D eigenvalue weighted by Crippen LogP contribution is 2.29. The number of halogens is 2. The lowest BCUT2D eigenvalue weighted by molar-refractivity contribution is 0.0742. The van der Waals surface area contributed by atoms with Gasteiger partial charge in [-0.25, -0.2) is 19.0 Å². The summed E-state index contributed by atoms with van der Waals surface area (Å²) in [5.74, 6) is 0.591. The van der Waals surface area contributed by atoms with Crippen molar-refractivity contribution in [3.63, 3.8) is 0 Å². The Labute approximate surface area is 189 Å². The minimum atomic E-state index is -0.500. The first-order valence-electron chi connectivity index (χ1n) is 10.3. The molecule has 2 aromatic heterocycles. The van der Waals surface area contributed by atoms with Crippen LogP contribution in [0.1, 0.15) is 16.2 Å². The number of fused-ring (bicyclic) bond motifs is 1. The van der Waals surface area contributed by atoms with Crippen molar-refractivity contribution >= 4 is 34.4 Å². The molecule has 4 aromatic rings. The van der Waals surface area contributed by atoms with Crippen LogP contribution in [0.3, 0.4) is 0 Å². The van der Waals surface area contributed by atoms with Crippen LogP contribution >= 0.6 is 11.6 Å². The molecule has 0 saturated carbocycles. The third-order valence-corrected chi connectivity index (χ3v) is 5.89. The Bertz CT molecular complexity index is 1320. The molecule has 0 aliphatic carbocycles. The van der Waals surface area contributed by atoms with E-state index in [9.17, 15) is 9.18 Å². The lowest BCUT2D eigenvalue weighted by atomic mass is 10.1. The highest BCUT2D eigenvalue weighted by atomic mass is 35.5. The largest absolute Gasteiger partial charge is 0.352 e. The van der Waals surface area contributed by atoms with E-state index >= 15 is 0 Å². The Morgan fingerprint density at radius 3 is 2.47 bits per heavy atom. The van der Waals surface area contributed by atoms with Crippen LogP contribution in [0.5, 0.6) is 0 Å². The second-order valence-electron chi connectivity index (χ2n) is 7.60. The molecule has 1 fully saturated rings. The van der Waals surface area contributed by atoms with Crippen molar-refractivity contribution < 1.29 is 9.18 Å². The van der Waals surface area contributed by atoms with Crippen molar-refractivity contribution in [2.45, 2.75) is 6.92 Å². The van der Waals surface area contributed by atoms with Crippen molar-refractivity contribution in [3.8, 4) is 5.69 Å². The summed E-state index contributed by atoms with van der Waals surface area (Å²) in [6.07, 6.45) is 1.74. The number of benzene rings is 2. The highest BCUT2D eigenvalue weighted by molar-refractivity contribution is 6.32. The number of hydrogen-bond acceptors (Lipinski definition) is 5. The van der Waals surface area contributed by atoms with Gasteiger partial charge in [0.25, 0.3) is 5.91 Å². The second-order valence-corrected chi connectivity index (χ2v) is 8.01. The Morgan fingerprint density at radius 2 is 1.72 bits per heavy atom. The smallest absolute Gasteiger partial charge is 0.256 e. The summed E-state index contributed by atoms with van der Waals surface area (Å²) in [5.41, 5.74) is 1.52. The van der Waals surface area contributed by atoms with E-state index in [1.807, 2.05) is 31.2 Å². The number of para-hydroxylation sites is 1. The summed E-state index contributed by atoms with van der Waals surface area (Å²) >= 11 is 6.37. The number of hydrogen-bond donors (Lipinski definition) is 0. The van der Waals surface area contributed by atoms with Crippen LogP contribution in [0.4, 0.5) is 10.2 Å². The standard InChI is InChI=1S/C23H20ClFN6O/c1-15-27-21(17-14-26-31(22(17)28-15)20-9-5-3-7-18(20)24)29-10-12-30(13-11-29)23(32)16-6-2-4-8-19(16)25/h2-9,14H,10-13H2,1H3. The van der Waals surface area contributed by atoms with E-state index in [-0.39, 0.29) is 11.5 Å². The fraction of sp³-hybridized carbons (Fsp3) is 0.217. The number of nitrogens with zero attached hydrogens (tertiary/aromatic N) is 6. The molecule has 3 heterocycles. The molecule has 0 atom stereocenters. The second kappa shape index (κ2) is 8.20. The monoisotopic (exact) mass is 450 g/mol.